The highest BCUT2D eigenvalue weighted by Gasteiger charge is 2.67. The molecule has 5 nitrogen and oxygen atoms in total. The van der Waals surface area contributed by atoms with Gasteiger partial charge >= 0.3 is 0 Å². The number of H-pyrrole nitrogens is 1. The van der Waals surface area contributed by atoms with Crippen molar-refractivity contribution in [2.24, 2.45) is 5.92 Å². The number of nitrogens with one attached hydrogen (secondary N) is 1. The van der Waals surface area contributed by atoms with Crippen molar-refractivity contribution in [3.63, 3.8) is 0 Å². The van der Waals surface area contributed by atoms with E-state index in [0.717, 1.165) is 39.7 Å². The summed E-state index contributed by atoms with van der Waals surface area (Å²) in [6.45, 7) is 1.14. The SMILES string of the molecule is COCc1cccc2cc(C(=O)N3C[C@H]4C[C@@]45C3=CC(=O)c3ccccc35)[nH]c12. The molecule has 144 valence electrons. The van der Waals surface area contributed by atoms with Crippen LogP contribution in [-0.4, -0.2) is 35.2 Å². The van der Waals surface area contributed by atoms with Gasteiger partial charge in [-0.25, -0.2) is 0 Å². The predicted molar refractivity (Wildman–Crippen MR) is 109 cm³/mol. The number of hydrogen-bond acceptors (Lipinski definition) is 3. The summed E-state index contributed by atoms with van der Waals surface area (Å²) < 4.78 is 5.28. The summed E-state index contributed by atoms with van der Waals surface area (Å²) in [6.07, 6.45) is 2.70. The minimum Gasteiger partial charge on any atom is -0.380 e. The molecule has 2 heterocycles. The first kappa shape index (κ1) is 16.7. The Bertz CT molecular complexity index is 1240. The van der Waals surface area contributed by atoms with Crippen LogP contribution in [0, 0.1) is 5.92 Å². The number of fused-ring (bicyclic) bond motifs is 2. The average Bonchev–Trinajstić information content (AvgIpc) is 3.12. The molecule has 1 N–H and O–H groups in total. The van der Waals surface area contributed by atoms with E-state index >= 15 is 0 Å². The molecule has 1 aromatic heterocycles. The second-order valence-electron chi connectivity index (χ2n) is 8.22. The van der Waals surface area contributed by atoms with Gasteiger partial charge in [-0.05, 0) is 24.0 Å². The van der Waals surface area contributed by atoms with E-state index in [0.29, 0.717) is 24.8 Å². The van der Waals surface area contributed by atoms with Gasteiger partial charge in [0.25, 0.3) is 5.91 Å². The van der Waals surface area contributed by atoms with E-state index in [1.807, 2.05) is 53.4 Å². The summed E-state index contributed by atoms with van der Waals surface area (Å²) in [5.74, 6) is 0.306. The summed E-state index contributed by atoms with van der Waals surface area (Å²) in [5.41, 5.74) is 5.07. The van der Waals surface area contributed by atoms with Crippen molar-refractivity contribution in [2.75, 3.05) is 13.7 Å². The molecular formula is C24H20N2O3. The van der Waals surface area contributed by atoms with Crippen LogP contribution in [0.1, 0.15) is 38.4 Å². The fourth-order valence-electron chi connectivity index (χ4n) is 5.33. The number of benzene rings is 2. The number of carbonyl (C=O) groups is 2. The molecule has 6 rings (SSSR count). The Morgan fingerprint density at radius 1 is 1.24 bits per heavy atom. The number of hydrogen-bond donors (Lipinski definition) is 1. The second kappa shape index (κ2) is 5.67. The number of aromatic amines is 1. The molecule has 3 aromatic rings. The summed E-state index contributed by atoms with van der Waals surface area (Å²) >= 11 is 0. The van der Waals surface area contributed by atoms with Crippen LogP contribution >= 0.6 is 0 Å². The molecular weight excluding hydrogens is 364 g/mol. The molecule has 1 amide bonds. The number of allylic oxidation sites excluding steroid dienone is 2. The Kier molecular flexibility index (Phi) is 3.28. The van der Waals surface area contributed by atoms with Crippen LogP contribution in [0.15, 0.2) is 60.3 Å². The van der Waals surface area contributed by atoms with Crippen molar-refractivity contribution in [2.45, 2.75) is 18.4 Å². The zero-order valence-electron chi connectivity index (χ0n) is 16.1. The van der Waals surface area contributed by atoms with Gasteiger partial charge in [0, 0.05) is 47.4 Å². The third kappa shape index (κ3) is 2.13. The predicted octanol–water partition coefficient (Wildman–Crippen LogP) is 3.81. The van der Waals surface area contributed by atoms with Crippen LogP contribution in [0.25, 0.3) is 10.9 Å². The number of methoxy groups -OCH3 is 1. The highest BCUT2D eigenvalue weighted by Crippen LogP contribution is 2.66. The van der Waals surface area contributed by atoms with Crippen molar-refractivity contribution in [3.05, 3.63) is 82.7 Å². The maximum atomic E-state index is 13.4. The highest BCUT2D eigenvalue weighted by molar-refractivity contribution is 6.10. The zero-order valence-corrected chi connectivity index (χ0v) is 16.1. The van der Waals surface area contributed by atoms with E-state index in [1.54, 1.807) is 13.2 Å². The van der Waals surface area contributed by atoms with Gasteiger partial charge in [0.15, 0.2) is 5.78 Å². The van der Waals surface area contributed by atoms with Gasteiger partial charge in [-0.1, -0.05) is 42.5 Å². The van der Waals surface area contributed by atoms with Crippen LogP contribution in [-0.2, 0) is 16.8 Å². The lowest BCUT2D eigenvalue weighted by atomic mass is 9.81. The molecule has 2 fully saturated rings. The minimum atomic E-state index is -0.159. The number of piperidine rings is 1. The number of ether oxygens (including phenoxy) is 1. The first-order valence-electron chi connectivity index (χ1n) is 9.91. The van der Waals surface area contributed by atoms with E-state index in [9.17, 15) is 9.59 Å². The first-order valence-corrected chi connectivity index (χ1v) is 9.91. The molecule has 3 aliphatic rings. The Morgan fingerprint density at radius 2 is 2.10 bits per heavy atom. The molecule has 1 spiro atoms. The number of rotatable bonds is 3. The normalized spacial score (nSPS) is 24.2. The van der Waals surface area contributed by atoms with Crippen LogP contribution in [0.4, 0.5) is 0 Å². The lowest BCUT2D eigenvalue weighted by molar-refractivity contribution is 0.0806. The number of para-hydroxylation sites is 1. The smallest absolute Gasteiger partial charge is 0.274 e. The number of ketones is 1. The van der Waals surface area contributed by atoms with E-state index in [4.69, 9.17) is 4.74 Å². The molecule has 0 radical (unpaired) electrons. The summed E-state index contributed by atoms with van der Waals surface area (Å²) in [7, 11) is 1.66. The topological polar surface area (TPSA) is 62.4 Å². The van der Waals surface area contributed by atoms with Gasteiger partial charge in [-0.3, -0.25) is 9.59 Å². The molecule has 0 bridgehead atoms. The van der Waals surface area contributed by atoms with Crippen LogP contribution in [0.3, 0.4) is 0 Å². The first-order chi connectivity index (χ1) is 14.1. The van der Waals surface area contributed by atoms with Crippen molar-refractivity contribution in [3.8, 4) is 0 Å². The van der Waals surface area contributed by atoms with Gasteiger partial charge in [0.1, 0.15) is 5.69 Å². The number of aromatic nitrogens is 1. The number of nitrogens with zero attached hydrogens (tertiary/aromatic N) is 1. The zero-order chi connectivity index (χ0) is 19.8. The van der Waals surface area contributed by atoms with Crippen LogP contribution < -0.4 is 0 Å². The molecule has 2 aromatic carbocycles. The molecule has 1 saturated carbocycles. The van der Waals surface area contributed by atoms with Gasteiger partial charge in [-0.15, -0.1) is 0 Å². The number of likely N-dealkylation sites (tertiary alicyclic amines) is 1. The molecule has 29 heavy (non-hydrogen) atoms. The van der Waals surface area contributed by atoms with E-state index < -0.39 is 0 Å². The molecule has 0 unspecified atom stereocenters. The maximum Gasteiger partial charge on any atom is 0.274 e. The van der Waals surface area contributed by atoms with Gasteiger partial charge < -0.3 is 14.6 Å². The van der Waals surface area contributed by atoms with E-state index in [-0.39, 0.29) is 17.1 Å². The van der Waals surface area contributed by atoms with Crippen molar-refractivity contribution in [1.29, 1.82) is 0 Å². The summed E-state index contributed by atoms with van der Waals surface area (Å²) in [6, 6.07) is 15.7. The fourth-order valence-corrected chi connectivity index (χ4v) is 5.33. The lowest BCUT2D eigenvalue weighted by Gasteiger charge is -2.29. The largest absolute Gasteiger partial charge is 0.380 e. The maximum absolute atomic E-state index is 13.4. The van der Waals surface area contributed by atoms with Gasteiger partial charge in [0.05, 0.1) is 12.1 Å². The minimum absolute atomic E-state index is 0.00870. The van der Waals surface area contributed by atoms with E-state index in [2.05, 4.69) is 4.98 Å². The Morgan fingerprint density at radius 3 is 2.97 bits per heavy atom. The molecule has 1 aliphatic heterocycles. The molecule has 2 atom stereocenters. The Hall–Kier alpha value is -3.18. The summed E-state index contributed by atoms with van der Waals surface area (Å²) in [4.78, 5) is 31.3. The Labute approximate surface area is 168 Å². The number of carbonyl (C=O) groups excluding carboxylic acids is 2. The van der Waals surface area contributed by atoms with Crippen LogP contribution in [0.2, 0.25) is 0 Å². The van der Waals surface area contributed by atoms with Gasteiger partial charge in [0.2, 0.25) is 0 Å². The molecule has 5 heteroatoms. The van der Waals surface area contributed by atoms with Crippen molar-refractivity contribution in [1.82, 2.24) is 9.88 Å². The fraction of sp³-hybridized carbons (Fsp3) is 0.250. The average molecular weight is 384 g/mol. The second-order valence-corrected chi connectivity index (χ2v) is 8.22. The third-order valence-corrected chi connectivity index (χ3v) is 6.71. The van der Waals surface area contributed by atoms with Crippen LogP contribution in [0.5, 0.6) is 0 Å². The quantitative estimate of drug-likeness (QED) is 0.747. The monoisotopic (exact) mass is 384 g/mol. The van der Waals surface area contributed by atoms with Crippen molar-refractivity contribution < 1.29 is 14.3 Å². The third-order valence-electron chi connectivity index (χ3n) is 6.71. The standard InChI is InChI=1S/C24H20N2O3/c1-29-13-15-6-4-5-14-9-19(25-22(14)15)23(28)26-12-16-11-24(16)18-8-3-2-7-17(18)20(27)10-21(24)26/h2-10,16,25H,11-13H2,1H3/t16-,24-/m1/s1. The lowest BCUT2D eigenvalue weighted by Crippen LogP contribution is -2.33. The summed E-state index contributed by atoms with van der Waals surface area (Å²) in [5, 5.41) is 0.987. The molecule has 2 aliphatic carbocycles. The highest BCUT2D eigenvalue weighted by atomic mass is 16.5. The number of amides is 1. The van der Waals surface area contributed by atoms with Gasteiger partial charge in [-0.2, -0.15) is 0 Å². The Balaban J connectivity index is 1.41. The van der Waals surface area contributed by atoms with E-state index in [1.165, 1.54) is 0 Å². The van der Waals surface area contributed by atoms with Crippen molar-refractivity contribution >= 4 is 22.6 Å². The molecule has 1 saturated heterocycles.